The summed E-state index contributed by atoms with van der Waals surface area (Å²) in [5, 5.41) is 16.6. The third kappa shape index (κ3) is 4.20. The Morgan fingerprint density at radius 1 is 1.30 bits per heavy atom. The minimum atomic E-state index is 0.271. The van der Waals surface area contributed by atoms with E-state index >= 15 is 0 Å². The number of aryl methyl sites for hydroxylation is 1. The lowest BCUT2D eigenvalue weighted by Crippen LogP contribution is -2.34. The van der Waals surface area contributed by atoms with E-state index in [-0.39, 0.29) is 5.75 Å². The number of aromatic nitrogens is 2. The number of rotatable bonds is 5. The molecule has 0 saturated carbocycles. The molecule has 1 aliphatic heterocycles. The van der Waals surface area contributed by atoms with Gasteiger partial charge in [0.05, 0.1) is 0 Å². The number of benzene rings is 1. The van der Waals surface area contributed by atoms with E-state index in [2.05, 4.69) is 26.7 Å². The number of hydrogen-bond donors (Lipinski definition) is 3. The Hall–Kier alpha value is -2.14. The molecular formula is C18H24N4O. The molecular weight excluding hydrogens is 288 g/mol. The van der Waals surface area contributed by atoms with Gasteiger partial charge in [0.1, 0.15) is 11.6 Å². The first kappa shape index (κ1) is 15.7. The van der Waals surface area contributed by atoms with E-state index in [1.165, 1.54) is 19.3 Å². The Morgan fingerprint density at radius 2 is 2.22 bits per heavy atom. The number of hydrogen-bond acceptors (Lipinski definition) is 5. The van der Waals surface area contributed by atoms with Gasteiger partial charge < -0.3 is 15.7 Å². The monoisotopic (exact) mass is 312 g/mol. The minimum absolute atomic E-state index is 0.271. The van der Waals surface area contributed by atoms with Gasteiger partial charge in [0.25, 0.3) is 0 Å². The van der Waals surface area contributed by atoms with Crippen molar-refractivity contribution in [2.45, 2.75) is 38.1 Å². The summed E-state index contributed by atoms with van der Waals surface area (Å²) in [6.45, 7) is 1.13. The Kier molecular flexibility index (Phi) is 5.08. The zero-order chi connectivity index (χ0) is 16.1. The fraction of sp³-hybridized carbons (Fsp3) is 0.444. The van der Waals surface area contributed by atoms with E-state index in [4.69, 9.17) is 0 Å². The predicted octanol–water partition coefficient (Wildman–Crippen LogP) is 2.97. The van der Waals surface area contributed by atoms with E-state index in [9.17, 15) is 5.11 Å². The van der Waals surface area contributed by atoms with Crippen LogP contribution in [0.5, 0.6) is 5.75 Å². The zero-order valence-corrected chi connectivity index (χ0v) is 13.5. The van der Waals surface area contributed by atoms with Crippen molar-refractivity contribution in [1.29, 1.82) is 0 Å². The van der Waals surface area contributed by atoms with Gasteiger partial charge >= 0.3 is 0 Å². The molecule has 5 nitrogen and oxygen atoms in total. The van der Waals surface area contributed by atoms with Crippen molar-refractivity contribution in [2.24, 2.45) is 0 Å². The first-order valence-electron chi connectivity index (χ1n) is 8.32. The Balaban J connectivity index is 1.75. The van der Waals surface area contributed by atoms with Gasteiger partial charge in [-0.05, 0) is 62.1 Å². The molecule has 0 radical (unpaired) electrons. The maximum Gasteiger partial charge on any atom is 0.161 e. The van der Waals surface area contributed by atoms with Crippen LogP contribution < -0.4 is 10.6 Å². The normalized spacial score (nSPS) is 17.9. The number of anilines is 1. The molecule has 0 spiro atoms. The number of phenolic OH excluding ortho intramolecular Hbond substituents is 1. The molecule has 0 unspecified atom stereocenters. The summed E-state index contributed by atoms with van der Waals surface area (Å²) in [5.74, 6) is 1.67. The minimum Gasteiger partial charge on any atom is -0.508 e. The van der Waals surface area contributed by atoms with Crippen LogP contribution in [0.3, 0.4) is 0 Å². The highest BCUT2D eigenvalue weighted by Gasteiger charge is 2.13. The fourth-order valence-electron chi connectivity index (χ4n) is 3.10. The molecule has 3 N–H and O–H groups in total. The molecule has 3 rings (SSSR count). The number of piperidine rings is 1. The second-order valence-corrected chi connectivity index (χ2v) is 6.09. The Labute approximate surface area is 137 Å². The average Bonchev–Trinajstić information content (AvgIpc) is 2.60. The molecule has 1 saturated heterocycles. The summed E-state index contributed by atoms with van der Waals surface area (Å²) < 4.78 is 0. The quantitative estimate of drug-likeness (QED) is 0.792. The van der Waals surface area contributed by atoms with E-state index < -0.39 is 0 Å². The van der Waals surface area contributed by atoms with E-state index in [0.717, 1.165) is 36.3 Å². The SMILES string of the molecule is CNc1ccnc(-c2cc(O)cc(CC[C@@H]3CCCCN3)c2)n1. The molecule has 2 aromatic rings. The van der Waals surface area contributed by atoms with Gasteiger partial charge in [0.2, 0.25) is 0 Å². The van der Waals surface area contributed by atoms with Gasteiger partial charge in [-0.25, -0.2) is 9.97 Å². The molecule has 1 atom stereocenters. The van der Waals surface area contributed by atoms with Crippen molar-refractivity contribution in [1.82, 2.24) is 15.3 Å². The Bertz CT molecular complexity index is 653. The molecule has 0 bridgehead atoms. The van der Waals surface area contributed by atoms with Crippen molar-refractivity contribution < 1.29 is 5.11 Å². The van der Waals surface area contributed by atoms with Gasteiger partial charge in [-0.1, -0.05) is 6.42 Å². The summed E-state index contributed by atoms with van der Waals surface area (Å²) in [7, 11) is 1.83. The smallest absolute Gasteiger partial charge is 0.161 e. The molecule has 0 amide bonds. The van der Waals surface area contributed by atoms with Crippen LogP contribution in [0, 0.1) is 0 Å². The lowest BCUT2D eigenvalue weighted by atomic mass is 9.97. The number of phenols is 1. The Morgan fingerprint density at radius 3 is 3.00 bits per heavy atom. The summed E-state index contributed by atoms with van der Waals surface area (Å²) in [5.41, 5.74) is 1.99. The van der Waals surface area contributed by atoms with E-state index in [0.29, 0.717) is 11.9 Å². The van der Waals surface area contributed by atoms with Crippen molar-refractivity contribution in [3.8, 4) is 17.1 Å². The second-order valence-electron chi connectivity index (χ2n) is 6.09. The summed E-state index contributed by atoms with van der Waals surface area (Å²) in [6.07, 6.45) is 7.62. The second kappa shape index (κ2) is 7.42. The molecule has 23 heavy (non-hydrogen) atoms. The summed E-state index contributed by atoms with van der Waals surface area (Å²) in [4.78, 5) is 8.76. The lowest BCUT2D eigenvalue weighted by Gasteiger charge is -2.23. The number of nitrogens with zero attached hydrogens (tertiary/aromatic N) is 2. The maximum atomic E-state index is 10.0. The van der Waals surface area contributed by atoms with Gasteiger partial charge in [-0.2, -0.15) is 0 Å². The van der Waals surface area contributed by atoms with Gasteiger partial charge in [-0.3, -0.25) is 0 Å². The molecule has 1 aliphatic rings. The van der Waals surface area contributed by atoms with Crippen LogP contribution in [-0.2, 0) is 6.42 Å². The van der Waals surface area contributed by atoms with Crippen LogP contribution in [0.1, 0.15) is 31.2 Å². The van der Waals surface area contributed by atoms with Gasteiger partial charge in [0, 0.05) is 24.8 Å². The number of aromatic hydroxyl groups is 1. The predicted molar refractivity (Wildman–Crippen MR) is 92.6 cm³/mol. The lowest BCUT2D eigenvalue weighted by molar-refractivity contribution is 0.382. The van der Waals surface area contributed by atoms with Gasteiger partial charge in [0.15, 0.2) is 5.82 Å². The van der Waals surface area contributed by atoms with Crippen molar-refractivity contribution in [3.05, 3.63) is 36.0 Å². The van der Waals surface area contributed by atoms with Crippen molar-refractivity contribution in [2.75, 3.05) is 18.9 Å². The van der Waals surface area contributed by atoms with E-state index in [1.54, 1.807) is 12.3 Å². The van der Waals surface area contributed by atoms with Gasteiger partial charge in [-0.15, -0.1) is 0 Å². The average molecular weight is 312 g/mol. The highest BCUT2D eigenvalue weighted by Crippen LogP contribution is 2.25. The topological polar surface area (TPSA) is 70.1 Å². The van der Waals surface area contributed by atoms with Crippen LogP contribution in [0.2, 0.25) is 0 Å². The van der Waals surface area contributed by atoms with Crippen LogP contribution in [0.4, 0.5) is 5.82 Å². The standard InChI is InChI=1S/C18H24N4O/c1-19-17-7-9-21-18(22-17)14-10-13(11-16(23)12-14)5-6-15-4-2-3-8-20-15/h7,9-12,15,20,23H,2-6,8H2,1H3,(H,19,21,22)/t15-/m0/s1. The highest BCUT2D eigenvalue weighted by molar-refractivity contribution is 5.60. The largest absolute Gasteiger partial charge is 0.508 e. The van der Waals surface area contributed by atoms with Crippen LogP contribution in [-0.4, -0.2) is 34.7 Å². The highest BCUT2D eigenvalue weighted by atomic mass is 16.3. The molecule has 1 aromatic heterocycles. The third-order valence-electron chi connectivity index (χ3n) is 4.34. The van der Waals surface area contributed by atoms with Crippen molar-refractivity contribution >= 4 is 5.82 Å². The molecule has 122 valence electrons. The maximum absolute atomic E-state index is 10.0. The summed E-state index contributed by atoms with van der Waals surface area (Å²) in [6, 6.07) is 8.06. The van der Waals surface area contributed by atoms with Crippen LogP contribution in [0.25, 0.3) is 11.4 Å². The fourth-order valence-corrected chi connectivity index (χ4v) is 3.10. The van der Waals surface area contributed by atoms with Crippen LogP contribution in [0.15, 0.2) is 30.5 Å². The first-order chi connectivity index (χ1) is 11.2. The molecule has 2 heterocycles. The van der Waals surface area contributed by atoms with Crippen molar-refractivity contribution in [3.63, 3.8) is 0 Å². The summed E-state index contributed by atoms with van der Waals surface area (Å²) >= 11 is 0. The molecule has 1 aromatic carbocycles. The zero-order valence-electron chi connectivity index (χ0n) is 13.5. The first-order valence-corrected chi connectivity index (χ1v) is 8.32. The number of nitrogens with one attached hydrogen (secondary N) is 2. The molecule has 0 aliphatic carbocycles. The van der Waals surface area contributed by atoms with E-state index in [1.807, 2.05) is 19.2 Å². The molecule has 1 fully saturated rings. The van der Waals surface area contributed by atoms with Crippen LogP contribution >= 0.6 is 0 Å². The third-order valence-corrected chi connectivity index (χ3v) is 4.34. The molecule has 5 heteroatoms.